The molecule has 0 bridgehead atoms. The van der Waals surface area contributed by atoms with Gasteiger partial charge < -0.3 is 34.5 Å². The van der Waals surface area contributed by atoms with E-state index in [-0.39, 0.29) is 11.5 Å². The van der Waals surface area contributed by atoms with E-state index in [2.05, 4.69) is 18.1 Å². The van der Waals surface area contributed by atoms with Crippen LogP contribution < -0.4 is 11.2 Å². The lowest BCUT2D eigenvalue weighted by molar-refractivity contribution is -0.0228. The number of aliphatic hydroxyl groups is 2. The molecule has 218 valence electrons. The quantitative estimate of drug-likeness (QED) is 0.177. The Hall–Kier alpha value is -1.03. The van der Waals surface area contributed by atoms with Gasteiger partial charge in [0, 0.05) is 12.7 Å². The molecule has 2 fully saturated rings. The van der Waals surface area contributed by atoms with E-state index in [1.165, 1.54) is 10.8 Å². The molecule has 1 aromatic rings. The molecule has 1 aromatic heterocycles. The minimum atomic E-state index is -5.75. The van der Waals surface area contributed by atoms with E-state index >= 15 is 0 Å². The normalized spacial score (nSPS) is 28.8. The van der Waals surface area contributed by atoms with Crippen molar-refractivity contribution in [2.24, 2.45) is 5.92 Å². The van der Waals surface area contributed by atoms with E-state index in [1.807, 2.05) is 0 Å². The van der Waals surface area contributed by atoms with Gasteiger partial charge >= 0.3 is 29.2 Å². The van der Waals surface area contributed by atoms with Crippen molar-refractivity contribution in [3.8, 4) is 0 Å². The van der Waals surface area contributed by atoms with Gasteiger partial charge in [0.2, 0.25) is 0 Å². The third-order valence-electron chi connectivity index (χ3n) is 6.20. The molecule has 1 saturated heterocycles. The highest BCUT2D eigenvalue weighted by Crippen LogP contribution is 2.66. The Kier molecular flexibility index (Phi) is 10.5. The molecule has 6 atom stereocenters. The standard InChI is InChI=1S/C18H31N2O15P3/c21-14-13(10-32-37(28,29)35-38(30,31)34-36(25,26)27)33-16(15(14)22)12-9-20(18(24)19-17(12)23)8-11-6-4-2-1-3-5-7-11/h9,11,13-16,21-22H,1-8,10H2,(H,28,29)(H,30,31)(H,19,23,24)(H2,25,26,27)/t13-,14-,15-,16+/m1/s1. The molecule has 0 aromatic carbocycles. The molecule has 0 spiro atoms. The Labute approximate surface area is 215 Å². The summed E-state index contributed by atoms with van der Waals surface area (Å²) in [5, 5.41) is 20.8. The van der Waals surface area contributed by atoms with Gasteiger partial charge in [-0.15, -0.1) is 0 Å². The number of hydrogen-bond acceptors (Lipinski definition) is 11. The molecule has 0 amide bonds. The number of aromatic amines is 1. The van der Waals surface area contributed by atoms with E-state index in [9.17, 15) is 43.3 Å². The molecule has 1 aliphatic heterocycles. The molecular formula is C18H31N2O15P3. The zero-order valence-corrected chi connectivity index (χ0v) is 22.7. The number of ether oxygens (including phenoxy) is 1. The fraction of sp³-hybridized carbons (Fsp3) is 0.778. The third kappa shape index (κ3) is 9.00. The fourth-order valence-corrected chi connectivity index (χ4v) is 7.51. The average molecular weight is 608 g/mol. The van der Waals surface area contributed by atoms with Gasteiger partial charge in [-0.1, -0.05) is 32.1 Å². The van der Waals surface area contributed by atoms with Gasteiger partial charge in [0.15, 0.2) is 0 Å². The van der Waals surface area contributed by atoms with Crippen molar-refractivity contribution < 1.29 is 61.4 Å². The number of nitrogens with one attached hydrogen (secondary N) is 1. The summed E-state index contributed by atoms with van der Waals surface area (Å²) in [7, 11) is -16.8. The predicted octanol–water partition coefficient (Wildman–Crippen LogP) is 0.402. The van der Waals surface area contributed by atoms with Crippen LogP contribution in [0.1, 0.15) is 56.6 Å². The Bertz CT molecular complexity index is 1220. The van der Waals surface area contributed by atoms with Gasteiger partial charge in [-0.25, -0.2) is 18.5 Å². The zero-order chi connectivity index (χ0) is 28.3. The molecule has 20 heteroatoms. The number of H-pyrrole nitrogens is 1. The number of aromatic nitrogens is 2. The lowest BCUT2D eigenvalue weighted by Crippen LogP contribution is -2.37. The monoisotopic (exact) mass is 608 g/mol. The molecule has 17 nitrogen and oxygen atoms in total. The van der Waals surface area contributed by atoms with Crippen LogP contribution in [-0.4, -0.2) is 64.3 Å². The SMILES string of the molecule is O=c1[nH]c(=O)n(CC2CCCCCCC2)cc1[C@@H]1O[C@H](COP(=O)(O)OP(=O)(O)OP(=O)(O)O)[C@@H](O)[C@H]1O. The van der Waals surface area contributed by atoms with Gasteiger partial charge in [0.1, 0.15) is 24.4 Å². The Morgan fingerprint density at radius 2 is 1.53 bits per heavy atom. The minimum Gasteiger partial charge on any atom is -0.387 e. The van der Waals surface area contributed by atoms with Crippen molar-refractivity contribution in [1.82, 2.24) is 9.55 Å². The summed E-state index contributed by atoms with van der Waals surface area (Å²) in [6.45, 7) is -0.707. The van der Waals surface area contributed by atoms with Crippen LogP contribution in [0, 0.1) is 5.92 Å². The second kappa shape index (κ2) is 12.6. The Morgan fingerprint density at radius 3 is 2.13 bits per heavy atom. The molecule has 3 rings (SSSR count). The number of phosphoric acid groups is 3. The maximum absolute atomic E-state index is 12.5. The fourth-order valence-electron chi connectivity index (χ4n) is 4.48. The molecular weight excluding hydrogens is 577 g/mol. The summed E-state index contributed by atoms with van der Waals surface area (Å²) in [5.41, 5.74) is -1.73. The number of rotatable bonds is 10. The summed E-state index contributed by atoms with van der Waals surface area (Å²) in [5.74, 6) is 0.198. The first-order valence-electron chi connectivity index (χ1n) is 11.7. The Balaban J connectivity index is 1.70. The molecule has 2 unspecified atom stereocenters. The summed E-state index contributed by atoms with van der Waals surface area (Å²) >= 11 is 0. The van der Waals surface area contributed by atoms with Crippen molar-refractivity contribution in [2.45, 2.75) is 75.9 Å². The summed E-state index contributed by atoms with van der Waals surface area (Å²) < 4.78 is 52.5. The predicted molar refractivity (Wildman–Crippen MR) is 127 cm³/mol. The minimum absolute atomic E-state index is 0.192. The smallest absolute Gasteiger partial charge is 0.387 e. The highest BCUT2D eigenvalue weighted by atomic mass is 31.3. The highest BCUT2D eigenvalue weighted by molar-refractivity contribution is 7.66. The van der Waals surface area contributed by atoms with Crippen molar-refractivity contribution in [1.29, 1.82) is 0 Å². The van der Waals surface area contributed by atoms with Gasteiger partial charge in [-0.05, 0) is 18.8 Å². The highest BCUT2D eigenvalue weighted by Gasteiger charge is 2.47. The molecule has 1 saturated carbocycles. The summed E-state index contributed by atoms with van der Waals surface area (Å²) in [6.07, 6.45) is 1.88. The maximum atomic E-state index is 12.5. The molecule has 2 aliphatic rings. The number of nitrogens with zero attached hydrogens (tertiary/aromatic N) is 1. The van der Waals surface area contributed by atoms with Gasteiger partial charge in [0.05, 0.1) is 12.2 Å². The van der Waals surface area contributed by atoms with E-state index < -0.39 is 65.7 Å². The number of hydrogen-bond donors (Lipinski definition) is 7. The van der Waals surface area contributed by atoms with Crippen LogP contribution >= 0.6 is 23.5 Å². The number of phosphoric ester groups is 1. The van der Waals surface area contributed by atoms with Crippen molar-refractivity contribution in [3.63, 3.8) is 0 Å². The van der Waals surface area contributed by atoms with E-state index in [1.54, 1.807) is 0 Å². The van der Waals surface area contributed by atoms with Crippen LogP contribution in [0.3, 0.4) is 0 Å². The second-order valence-electron chi connectivity index (χ2n) is 9.17. The van der Waals surface area contributed by atoms with Crippen LogP contribution in [-0.2, 0) is 38.1 Å². The van der Waals surface area contributed by atoms with Crippen LogP contribution in [0.2, 0.25) is 0 Å². The first-order valence-corrected chi connectivity index (χ1v) is 16.2. The van der Waals surface area contributed by atoms with Crippen LogP contribution in [0.25, 0.3) is 0 Å². The maximum Gasteiger partial charge on any atom is 0.490 e. The largest absolute Gasteiger partial charge is 0.490 e. The van der Waals surface area contributed by atoms with Crippen molar-refractivity contribution in [2.75, 3.05) is 6.61 Å². The van der Waals surface area contributed by atoms with Crippen LogP contribution in [0.5, 0.6) is 0 Å². The van der Waals surface area contributed by atoms with E-state index in [0.717, 1.165) is 44.9 Å². The topological polar surface area (TPSA) is 264 Å². The van der Waals surface area contributed by atoms with E-state index in [4.69, 9.17) is 14.5 Å². The van der Waals surface area contributed by atoms with Gasteiger partial charge in [0.25, 0.3) is 5.56 Å². The van der Waals surface area contributed by atoms with Crippen LogP contribution in [0.4, 0.5) is 0 Å². The number of aliphatic hydroxyl groups excluding tert-OH is 2. The third-order valence-corrected chi connectivity index (χ3v) is 10.0. The van der Waals surface area contributed by atoms with Gasteiger partial charge in [-0.3, -0.25) is 18.9 Å². The van der Waals surface area contributed by atoms with Gasteiger partial charge in [-0.2, -0.15) is 8.62 Å². The van der Waals surface area contributed by atoms with Crippen LogP contribution in [0.15, 0.2) is 15.8 Å². The molecule has 2 heterocycles. The average Bonchev–Trinajstić information content (AvgIpc) is 3.01. The lowest BCUT2D eigenvalue weighted by Gasteiger charge is -2.21. The van der Waals surface area contributed by atoms with Crippen molar-refractivity contribution >= 4 is 23.5 Å². The van der Waals surface area contributed by atoms with Crippen molar-refractivity contribution in [3.05, 3.63) is 32.6 Å². The molecule has 0 radical (unpaired) electrons. The molecule has 38 heavy (non-hydrogen) atoms. The van der Waals surface area contributed by atoms with E-state index in [0.29, 0.717) is 6.54 Å². The lowest BCUT2D eigenvalue weighted by atomic mass is 9.91. The summed E-state index contributed by atoms with van der Waals surface area (Å²) in [4.78, 5) is 63.0. The Morgan fingerprint density at radius 1 is 0.921 bits per heavy atom. The summed E-state index contributed by atoms with van der Waals surface area (Å²) in [6, 6.07) is 0. The molecule has 1 aliphatic carbocycles. The first-order chi connectivity index (χ1) is 17.6. The second-order valence-corrected chi connectivity index (χ2v) is 13.6. The zero-order valence-electron chi connectivity index (χ0n) is 20.0. The first kappa shape index (κ1) is 31.5. The molecule has 7 N–H and O–H groups in total.